The number of aromatic nitrogens is 6. The number of nitrogens with zero attached hydrogens (tertiary/aromatic N) is 4. The molecular weight excluding hydrogens is 453 g/mol. The van der Waals surface area contributed by atoms with Gasteiger partial charge in [0, 0.05) is 47.4 Å². The van der Waals surface area contributed by atoms with Gasteiger partial charge in [0.2, 0.25) is 0 Å². The number of halogens is 1. The van der Waals surface area contributed by atoms with Crippen LogP contribution in [0.3, 0.4) is 0 Å². The third-order valence-electron chi connectivity index (χ3n) is 6.25. The van der Waals surface area contributed by atoms with Crippen molar-refractivity contribution in [3.05, 3.63) is 79.0 Å². The maximum absolute atomic E-state index is 14.5. The van der Waals surface area contributed by atoms with Crippen molar-refractivity contribution >= 4 is 27.8 Å². The molecule has 6 rings (SSSR count). The summed E-state index contributed by atoms with van der Waals surface area (Å²) in [6.07, 6.45) is 7.69. The van der Waals surface area contributed by atoms with Gasteiger partial charge in [-0.1, -0.05) is 43.7 Å². The maximum Gasteiger partial charge on any atom is 0.181 e. The van der Waals surface area contributed by atoms with E-state index in [0.717, 1.165) is 58.4 Å². The number of rotatable bonds is 7. The van der Waals surface area contributed by atoms with Crippen LogP contribution in [0.4, 0.5) is 10.1 Å². The van der Waals surface area contributed by atoms with Gasteiger partial charge in [0.05, 0.1) is 22.1 Å². The summed E-state index contributed by atoms with van der Waals surface area (Å²) in [5.41, 5.74) is 6.94. The Hall–Kier alpha value is -4.59. The van der Waals surface area contributed by atoms with Crippen LogP contribution in [0, 0.1) is 5.82 Å². The Balaban J connectivity index is 1.41. The van der Waals surface area contributed by atoms with E-state index < -0.39 is 0 Å². The number of fused-ring (bicyclic) bond motifs is 2. The zero-order chi connectivity index (χ0) is 24.5. The van der Waals surface area contributed by atoms with Gasteiger partial charge in [-0.2, -0.15) is 5.10 Å². The number of pyridine rings is 2. The van der Waals surface area contributed by atoms with Crippen molar-refractivity contribution in [3.63, 3.8) is 0 Å². The van der Waals surface area contributed by atoms with Crippen molar-refractivity contribution in [2.24, 2.45) is 0 Å². The second kappa shape index (κ2) is 9.22. The SMILES string of the molecule is CCCCNc1cncc(-c2cnc3n[nH]c(-c4nc5c(-c6ccccc6F)cccc5[nH]4)c3c2)c1. The molecule has 0 aliphatic carbocycles. The molecule has 2 aromatic carbocycles. The monoisotopic (exact) mass is 477 g/mol. The Morgan fingerprint density at radius 2 is 1.81 bits per heavy atom. The molecule has 0 bridgehead atoms. The number of benzene rings is 2. The number of hydrogen-bond acceptors (Lipinski definition) is 5. The van der Waals surface area contributed by atoms with Gasteiger partial charge in [0.1, 0.15) is 11.5 Å². The number of anilines is 1. The van der Waals surface area contributed by atoms with Crippen molar-refractivity contribution < 1.29 is 4.39 Å². The van der Waals surface area contributed by atoms with Gasteiger partial charge in [-0.15, -0.1) is 0 Å². The molecule has 0 fully saturated rings. The molecule has 0 amide bonds. The van der Waals surface area contributed by atoms with E-state index in [-0.39, 0.29) is 5.82 Å². The average Bonchev–Trinajstić information content (AvgIpc) is 3.53. The molecule has 6 aromatic rings. The average molecular weight is 478 g/mol. The summed E-state index contributed by atoms with van der Waals surface area (Å²) in [7, 11) is 0. The van der Waals surface area contributed by atoms with Crippen LogP contribution in [0.5, 0.6) is 0 Å². The zero-order valence-corrected chi connectivity index (χ0v) is 19.7. The first-order chi connectivity index (χ1) is 17.7. The Labute approximate surface area is 206 Å². The molecule has 0 saturated carbocycles. The van der Waals surface area contributed by atoms with Crippen LogP contribution in [0.1, 0.15) is 19.8 Å². The molecule has 0 unspecified atom stereocenters. The van der Waals surface area contributed by atoms with Gasteiger partial charge in [-0.25, -0.2) is 14.4 Å². The van der Waals surface area contributed by atoms with Gasteiger partial charge >= 0.3 is 0 Å². The summed E-state index contributed by atoms with van der Waals surface area (Å²) in [6.45, 7) is 3.08. The molecule has 4 heterocycles. The van der Waals surface area contributed by atoms with Crippen molar-refractivity contribution in [1.29, 1.82) is 0 Å². The van der Waals surface area contributed by atoms with E-state index in [1.54, 1.807) is 18.3 Å². The summed E-state index contributed by atoms with van der Waals surface area (Å²) < 4.78 is 14.5. The largest absolute Gasteiger partial charge is 0.384 e. The molecule has 0 aliphatic rings. The fourth-order valence-corrected chi connectivity index (χ4v) is 4.39. The summed E-state index contributed by atoms with van der Waals surface area (Å²) in [6, 6.07) is 16.6. The number of H-pyrrole nitrogens is 2. The van der Waals surface area contributed by atoms with E-state index in [0.29, 0.717) is 22.6 Å². The zero-order valence-electron chi connectivity index (χ0n) is 19.7. The summed E-state index contributed by atoms with van der Waals surface area (Å²) >= 11 is 0. The number of unbranched alkanes of at least 4 members (excludes halogenated alkanes) is 1. The summed E-state index contributed by atoms with van der Waals surface area (Å²) in [5.74, 6) is 0.332. The number of nitrogens with one attached hydrogen (secondary N) is 3. The van der Waals surface area contributed by atoms with Gasteiger partial charge in [-0.3, -0.25) is 10.1 Å². The summed E-state index contributed by atoms with van der Waals surface area (Å²) in [5, 5.41) is 11.7. The predicted molar refractivity (Wildman–Crippen MR) is 141 cm³/mol. The molecule has 7 nitrogen and oxygen atoms in total. The molecule has 0 spiro atoms. The third-order valence-corrected chi connectivity index (χ3v) is 6.25. The fourth-order valence-electron chi connectivity index (χ4n) is 4.39. The number of aromatic amines is 2. The molecule has 0 radical (unpaired) electrons. The highest BCUT2D eigenvalue weighted by molar-refractivity contribution is 5.97. The lowest BCUT2D eigenvalue weighted by Gasteiger charge is -2.07. The molecule has 178 valence electrons. The highest BCUT2D eigenvalue weighted by atomic mass is 19.1. The normalized spacial score (nSPS) is 11.4. The second-order valence-corrected chi connectivity index (χ2v) is 8.70. The van der Waals surface area contributed by atoms with E-state index in [1.165, 1.54) is 6.07 Å². The molecule has 4 aromatic heterocycles. The van der Waals surface area contributed by atoms with Crippen LogP contribution in [0.25, 0.3) is 55.8 Å². The lowest BCUT2D eigenvalue weighted by atomic mass is 10.0. The standard InChI is InChI=1S/C28H24FN7/c1-2-3-11-31-19-12-17(14-30-16-19)18-13-22-26(35-36-27(22)32-15-18)28-33-24-10-6-8-21(25(24)34-28)20-7-4-5-9-23(20)29/h4-10,12-16,31H,2-3,11H2,1H3,(H,33,34)(H,32,35,36). The lowest BCUT2D eigenvalue weighted by molar-refractivity contribution is 0.631. The third kappa shape index (κ3) is 3.96. The molecular formula is C28H24FN7. The highest BCUT2D eigenvalue weighted by Gasteiger charge is 2.17. The van der Waals surface area contributed by atoms with Crippen LogP contribution in [0.2, 0.25) is 0 Å². The number of hydrogen-bond donors (Lipinski definition) is 3. The lowest BCUT2D eigenvalue weighted by Crippen LogP contribution is -2.01. The van der Waals surface area contributed by atoms with Crippen molar-refractivity contribution in [3.8, 4) is 33.8 Å². The van der Waals surface area contributed by atoms with E-state index in [2.05, 4.69) is 43.5 Å². The first kappa shape index (κ1) is 21.9. The Bertz CT molecular complexity index is 1680. The maximum atomic E-state index is 14.5. The van der Waals surface area contributed by atoms with Crippen LogP contribution >= 0.6 is 0 Å². The highest BCUT2D eigenvalue weighted by Crippen LogP contribution is 2.33. The quantitative estimate of drug-likeness (QED) is 0.226. The first-order valence-corrected chi connectivity index (χ1v) is 12.0. The fraction of sp³-hybridized carbons (Fsp3) is 0.143. The van der Waals surface area contributed by atoms with Crippen molar-refractivity contribution in [2.75, 3.05) is 11.9 Å². The molecule has 8 heteroatoms. The molecule has 3 N–H and O–H groups in total. The minimum Gasteiger partial charge on any atom is -0.384 e. The Kier molecular flexibility index (Phi) is 5.61. The van der Waals surface area contributed by atoms with Gasteiger partial charge in [0.25, 0.3) is 0 Å². The number of imidazole rings is 1. The topological polar surface area (TPSA) is 95.2 Å². The van der Waals surface area contributed by atoms with Crippen LogP contribution in [-0.2, 0) is 0 Å². The minimum absolute atomic E-state index is 0.282. The van der Waals surface area contributed by atoms with E-state index in [9.17, 15) is 4.39 Å². The van der Waals surface area contributed by atoms with Gasteiger partial charge < -0.3 is 10.3 Å². The molecule has 0 saturated heterocycles. The van der Waals surface area contributed by atoms with Crippen molar-refractivity contribution in [2.45, 2.75) is 19.8 Å². The van der Waals surface area contributed by atoms with E-state index >= 15 is 0 Å². The summed E-state index contributed by atoms with van der Waals surface area (Å²) in [4.78, 5) is 17.2. The molecule has 0 atom stereocenters. The second-order valence-electron chi connectivity index (χ2n) is 8.70. The predicted octanol–water partition coefficient (Wildman–Crippen LogP) is 6.58. The van der Waals surface area contributed by atoms with E-state index in [4.69, 9.17) is 4.98 Å². The Morgan fingerprint density at radius 3 is 2.69 bits per heavy atom. The Morgan fingerprint density at radius 1 is 0.944 bits per heavy atom. The van der Waals surface area contributed by atoms with Gasteiger partial charge in [0.15, 0.2) is 11.5 Å². The van der Waals surface area contributed by atoms with E-state index in [1.807, 2.05) is 42.7 Å². The molecule has 0 aliphatic heterocycles. The van der Waals surface area contributed by atoms with Crippen LogP contribution < -0.4 is 5.32 Å². The molecule has 36 heavy (non-hydrogen) atoms. The minimum atomic E-state index is -0.282. The smallest absolute Gasteiger partial charge is 0.181 e. The van der Waals surface area contributed by atoms with Crippen LogP contribution in [-0.4, -0.2) is 36.7 Å². The first-order valence-electron chi connectivity index (χ1n) is 12.0. The van der Waals surface area contributed by atoms with Crippen LogP contribution in [0.15, 0.2) is 73.2 Å². The number of para-hydroxylation sites is 1. The van der Waals surface area contributed by atoms with Gasteiger partial charge in [-0.05, 0) is 30.7 Å². The van der Waals surface area contributed by atoms with Crippen molar-refractivity contribution in [1.82, 2.24) is 30.1 Å².